The highest BCUT2D eigenvalue weighted by Gasteiger charge is 2.56. The molecule has 5 rings (SSSR count). The molecule has 1 fully saturated rings. The molecule has 0 radical (unpaired) electrons. The fourth-order valence-electron chi connectivity index (χ4n) is 5.19. The van der Waals surface area contributed by atoms with Crippen LogP contribution in [-0.4, -0.2) is 61.8 Å². The Morgan fingerprint density at radius 3 is 2.57 bits per heavy atom. The normalized spacial score (nSPS) is 24.0. The molecule has 1 aliphatic rings. The summed E-state index contributed by atoms with van der Waals surface area (Å²) in [6, 6.07) is 12.6. The fraction of sp³-hybridized carbons (Fsp3) is 0.414. The third kappa shape index (κ3) is 6.08. The number of aryl methyl sites for hydroxylation is 1. The molecule has 236 valence electrons. The predicted octanol–water partition coefficient (Wildman–Crippen LogP) is 3.30. The zero-order valence-electron chi connectivity index (χ0n) is 24.7. The van der Waals surface area contributed by atoms with Gasteiger partial charge in [-0.2, -0.15) is 5.09 Å². The van der Waals surface area contributed by atoms with Crippen LogP contribution in [0.4, 0.5) is 4.39 Å². The quantitative estimate of drug-likeness (QED) is 0.175. The molecule has 2 aromatic heterocycles. The molecule has 2 aromatic carbocycles. The lowest BCUT2D eigenvalue weighted by atomic mass is 9.98. The molecule has 6 atom stereocenters. The van der Waals surface area contributed by atoms with Gasteiger partial charge in [0.15, 0.2) is 11.9 Å². The lowest BCUT2D eigenvalue weighted by Gasteiger charge is -2.25. The Balaban J connectivity index is 1.43. The number of aliphatic hydroxyl groups excluding tert-OH is 1. The Bertz CT molecular complexity index is 1870. The van der Waals surface area contributed by atoms with E-state index in [9.17, 15) is 24.1 Å². The van der Waals surface area contributed by atoms with Gasteiger partial charge in [-0.1, -0.05) is 18.2 Å². The number of ether oxygens (including phenoxy) is 2. The van der Waals surface area contributed by atoms with Crippen molar-refractivity contribution in [3.8, 4) is 5.75 Å². The molecule has 1 unspecified atom stereocenters. The van der Waals surface area contributed by atoms with Gasteiger partial charge in [0, 0.05) is 41.1 Å². The first-order valence-corrected chi connectivity index (χ1v) is 15.5. The summed E-state index contributed by atoms with van der Waals surface area (Å²) >= 11 is 0. The van der Waals surface area contributed by atoms with E-state index < -0.39 is 67.8 Å². The highest BCUT2D eigenvalue weighted by atomic mass is 31.2. The highest BCUT2D eigenvalue weighted by Crippen LogP contribution is 2.48. The van der Waals surface area contributed by atoms with E-state index >= 15 is 4.39 Å². The average Bonchev–Trinajstić information content (AvgIpc) is 3.36. The molecule has 0 amide bonds. The first-order chi connectivity index (χ1) is 20.7. The van der Waals surface area contributed by atoms with Gasteiger partial charge in [-0.25, -0.2) is 13.8 Å². The van der Waals surface area contributed by atoms with Crippen LogP contribution in [0.3, 0.4) is 0 Å². The van der Waals surface area contributed by atoms with Crippen molar-refractivity contribution in [2.75, 3.05) is 6.61 Å². The van der Waals surface area contributed by atoms with Gasteiger partial charge >= 0.3 is 19.4 Å². The van der Waals surface area contributed by atoms with E-state index in [2.05, 4.69) is 5.09 Å². The fourth-order valence-corrected chi connectivity index (χ4v) is 6.68. The van der Waals surface area contributed by atoms with Crippen molar-refractivity contribution in [1.29, 1.82) is 0 Å². The summed E-state index contributed by atoms with van der Waals surface area (Å²) in [6.45, 7) is 5.09. The largest absolute Gasteiger partial charge is 0.462 e. The van der Waals surface area contributed by atoms with E-state index in [-0.39, 0.29) is 5.75 Å². The maximum absolute atomic E-state index is 15.7. The number of rotatable bonds is 10. The third-order valence-corrected chi connectivity index (χ3v) is 9.04. The van der Waals surface area contributed by atoms with Gasteiger partial charge in [-0.15, -0.1) is 0 Å². The summed E-state index contributed by atoms with van der Waals surface area (Å²) in [5.74, 6) is -0.571. The minimum Gasteiger partial charge on any atom is -0.462 e. The van der Waals surface area contributed by atoms with E-state index in [1.165, 1.54) is 6.92 Å². The van der Waals surface area contributed by atoms with Crippen LogP contribution < -0.4 is 20.9 Å². The van der Waals surface area contributed by atoms with E-state index in [1.54, 1.807) is 32.0 Å². The number of hydrogen-bond donors (Lipinski definition) is 3. The summed E-state index contributed by atoms with van der Waals surface area (Å²) in [5.41, 5.74) is -2.29. The molecule has 1 aliphatic heterocycles. The highest BCUT2D eigenvalue weighted by molar-refractivity contribution is 7.52. The van der Waals surface area contributed by atoms with Crippen LogP contribution in [0.5, 0.6) is 5.75 Å². The number of esters is 1. The number of aromatic amines is 1. The number of hydrogen-bond acceptors (Lipinski definition) is 9. The number of para-hydroxylation sites is 1. The Hall–Kier alpha value is -3.81. The summed E-state index contributed by atoms with van der Waals surface area (Å²) in [6.07, 6.45) is -4.31. The van der Waals surface area contributed by atoms with Crippen LogP contribution in [-0.2, 0) is 30.4 Å². The SMILES string of the molecule is CC(C)OC(=O)[C@H](C)NP(=O)(OC[C@H]1O[C@@H](n2ccc(=O)[nH]c2=O)[C@](C)(F)[C@@H]1O)Oc1ccc2c(c1)c1ccccc1n2C. The van der Waals surface area contributed by atoms with E-state index in [4.69, 9.17) is 18.5 Å². The Morgan fingerprint density at radius 1 is 1.16 bits per heavy atom. The number of aromatic nitrogens is 3. The van der Waals surface area contributed by atoms with E-state index in [1.807, 2.05) is 40.9 Å². The van der Waals surface area contributed by atoms with Crippen LogP contribution >= 0.6 is 7.75 Å². The van der Waals surface area contributed by atoms with Gasteiger partial charge in [-0.05, 0) is 52.0 Å². The summed E-state index contributed by atoms with van der Waals surface area (Å²) in [5, 5.41) is 15.1. The van der Waals surface area contributed by atoms with Gasteiger partial charge in [0.05, 0.1) is 12.7 Å². The molecule has 44 heavy (non-hydrogen) atoms. The first-order valence-electron chi connectivity index (χ1n) is 13.9. The zero-order valence-corrected chi connectivity index (χ0v) is 25.6. The van der Waals surface area contributed by atoms with Crippen LogP contribution in [0, 0.1) is 0 Å². The smallest absolute Gasteiger partial charge is 0.459 e. The van der Waals surface area contributed by atoms with Crippen molar-refractivity contribution < 1.29 is 37.4 Å². The van der Waals surface area contributed by atoms with Crippen LogP contribution in [0.15, 0.2) is 64.3 Å². The number of benzene rings is 2. The second-order valence-corrected chi connectivity index (χ2v) is 12.8. The number of nitrogens with one attached hydrogen (secondary N) is 2. The molecule has 3 heterocycles. The Labute approximate surface area is 251 Å². The number of H-pyrrole nitrogens is 1. The molecule has 0 aliphatic carbocycles. The molecule has 0 bridgehead atoms. The van der Waals surface area contributed by atoms with E-state index in [0.717, 1.165) is 45.6 Å². The number of alkyl halides is 1. The maximum Gasteiger partial charge on any atom is 0.459 e. The summed E-state index contributed by atoms with van der Waals surface area (Å²) in [4.78, 5) is 38.4. The number of halogens is 1. The number of fused-ring (bicyclic) bond motifs is 3. The van der Waals surface area contributed by atoms with Gasteiger partial charge in [0.25, 0.3) is 5.56 Å². The third-order valence-electron chi connectivity index (χ3n) is 7.40. The van der Waals surface area contributed by atoms with Crippen molar-refractivity contribution in [1.82, 2.24) is 19.2 Å². The lowest BCUT2D eigenvalue weighted by molar-refractivity contribution is -0.149. The Morgan fingerprint density at radius 2 is 1.86 bits per heavy atom. The molecular formula is C29H34FN4O9P. The van der Waals surface area contributed by atoms with Crippen molar-refractivity contribution in [3.63, 3.8) is 0 Å². The van der Waals surface area contributed by atoms with E-state index in [0.29, 0.717) is 0 Å². The van der Waals surface area contributed by atoms with Gasteiger partial charge in [0.2, 0.25) is 0 Å². The number of carbonyl (C=O) groups excluding carboxylic acids is 1. The monoisotopic (exact) mass is 632 g/mol. The molecule has 15 heteroatoms. The van der Waals surface area contributed by atoms with Crippen molar-refractivity contribution in [2.45, 2.75) is 63.9 Å². The molecule has 13 nitrogen and oxygen atoms in total. The van der Waals surface area contributed by atoms with Crippen molar-refractivity contribution in [2.24, 2.45) is 7.05 Å². The molecule has 3 N–H and O–H groups in total. The minimum atomic E-state index is -4.44. The first kappa shape index (κ1) is 31.6. The van der Waals surface area contributed by atoms with Crippen LogP contribution in [0.2, 0.25) is 0 Å². The lowest BCUT2D eigenvalue weighted by Crippen LogP contribution is -2.43. The van der Waals surface area contributed by atoms with Crippen molar-refractivity contribution in [3.05, 3.63) is 75.6 Å². The zero-order chi connectivity index (χ0) is 32.0. The molecule has 4 aromatic rings. The average molecular weight is 633 g/mol. The molecule has 0 spiro atoms. The minimum absolute atomic E-state index is 0.148. The van der Waals surface area contributed by atoms with Gasteiger partial charge in [0.1, 0.15) is 24.0 Å². The van der Waals surface area contributed by atoms with Gasteiger partial charge in [-0.3, -0.25) is 23.7 Å². The summed E-state index contributed by atoms with van der Waals surface area (Å²) < 4.78 is 55.0. The van der Waals surface area contributed by atoms with Crippen molar-refractivity contribution >= 4 is 35.5 Å². The molecule has 0 saturated carbocycles. The number of nitrogens with zero attached hydrogens (tertiary/aromatic N) is 2. The second kappa shape index (κ2) is 11.9. The van der Waals surface area contributed by atoms with Crippen LogP contribution in [0.1, 0.15) is 33.9 Å². The second-order valence-electron chi connectivity index (χ2n) is 11.1. The maximum atomic E-state index is 15.7. The molecule has 1 saturated heterocycles. The summed E-state index contributed by atoms with van der Waals surface area (Å²) in [7, 11) is -2.52. The van der Waals surface area contributed by atoms with Crippen LogP contribution in [0.25, 0.3) is 21.8 Å². The predicted molar refractivity (Wildman–Crippen MR) is 159 cm³/mol. The topological polar surface area (TPSA) is 163 Å². The standard InChI is InChI=1S/C29H34FN4O9P/c1-16(2)41-26(37)17(3)32-44(39,43-18-10-11-22-20(14-18)19-8-6-7-9-21(19)33(22)5)40-15-23-25(36)29(4,30)27(42-23)34-13-12-24(35)31-28(34)38/h6-14,16-17,23,25,27,36H,15H2,1-5H3,(H,32,39)(H,31,35,38)/t17-,23+,25+,27+,29+,44?/m0/s1. The number of carbonyl (C=O) groups is 1. The molecular weight excluding hydrogens is 598 g/mol. The number of aliphatic hydroxyl groups is 1. The van der Waals surface area contributed by atoms with Gasteiger partial charge < -0.3 is 23.7 Å². The Kier molecular flexibility index (Phi) is 8.58.